The van der Waals surface area contributed by atoms with Gasteiger partial charge >= 0.3 is 5.97 Å². The first-order chi connectivity index (χ1) is 10.4. The molecule has 0 spiro atoms. The van der Waals surface area contributed by atoms with Crippen molar-refractivity contribution in [2.45, 2.75) is 58.9 Å². The van der Waals surface area contributed by atoms with Gasteiger partial charge in [0.1, 0.15) is 6.54 Å². The highest BCUT2D eigenvalue weighted by Gasteiger charge is 2.48. The summed E-state index contributed by atoms with van der Waals surface area (Å²) in [4.78, 5) is 12.0. The molecule has 22 heavy (non-hydrogen) atoms. The smallest absolute Gasteiger partial charge is 0.303 e. The SMILES string of the molecule is CSC1=CCC2C(=C1)C(C)(C)C(C)=[N+]2CCCCCC(=O)O. The molecule has 0 amide bonds. The molecule has 1 heterocycles. The van der Waals surface area contributed by atoms with Gasteiger partial charge in [0.05, 0.1) is 5.41 Å². The summed E-state index contributed by atoms with van der Waals surface area (Å²) in [5.41, 5.74) is 3.14. The first kappa shape index (κ1) is 17.3. The Bertz CT molecular complexity index is 543. The topological polar surface area (TPSA) is 40.3 Å². The molecule has 1 aliphatic carbocycles. The third-order valence-electron chi connectivity index (χ3n) is 5.16. The van der Waals surface area contributed by atoms with E-state index in [-0.39, 0.29) is 5.41 Å². The van der Waals surface area contributed by atoms with Crippen LogP contribution in [0, 0.1) is 5.41 Å². The van der Waals surface area contributed by atoms with Gasteiger partial charge in [0.25, 0.3) is 0 Å². The Kier molecular flexibility index (Phi) is 5.54. The zero-order valence-electron chi connectivity index (χ0n) is 14.2. The molecule has 1 unspecified atom stereocenters. The summed E-state index contributed by atoms with van der Waals surface area (Å²) in [6.07, 6.45) is 11.1. The van der Waals surface area contributed by atoms with Crippen molar-refractivity contribution in [3.8, 4) is 0 Å². The highest BCUT2D eigenvalue weighted by molar-refractivity contribution is 8.02. The van der Waals surface area contributed by atoms with Crippen molar-refractivity contribution in [2.24, 2.45) is 5.41 Å². The molecule has 4 heteroatoms. The van der Waals surface area contributed by atoms with E-state index in [0.29, 0.717) is 12.5 Å². The molecule has 1 N–H and O–H groups in total. The lowest BCUT2D eigenvalue weighted by Crippen LogP contribution is -2.26. The lowest BCUT2D eigenvalue weighted by molar-refractivity contribution is -0.551. The summed E-state index contributed by atoms with van der Waals surface area (Å²) in [6.45, 7) is 7.96. The molecular formula is C18H28NO2S+. The summed E-state index contributed by atoms with van der Waals surface area (Å²) in [7, 11) is 0. The van der Waals surface area contributed by atoms with Crippen LogP contribution in [0.5, 0.6) is 0 Å². The van der Waals surface area contributed by atoms with Crippen molar-refractivity contribution < 1.29 is 14.5 Å². The second-order valence-corrected chi connectivity index (χ2v) is 7.65. The van der Waals surface area contributed by atoms with Crippen LogP contribution in [0.25, 0.3) is 0 Å². The van der Waals surface area contributed by atoms with Gasteiger partial charge in [-0.1, -0.05) is 6.08 Å². The minimum Gasteiger partial charge on any atom is -0.481 e. The first-order valence-electron chi connectivity index (χ1n) is 8.16. The molecule has 2 aliphatic rings. The summed E-state index contributed by atoms with van der Waals surface area (Å²) in [5.74, 6) is -0.683. The number of hydrogen-bond acceptors (Lipinski definition) is 2. The van der Waals surface area contributed by atoms with Crippen molar-refractivity contribution in [1.82, 2.24) is 0 Å². The predicted octanol–water partition coefficient (Wildman–Crippen LogP) is 4.09. The molecule has 0 aromatic rings. The van der Waals surface area contributed by atoms with Gasteiger partial charge in [-0.15, -0.1) is 11.8 Å². The molecule has 1 aliphatic heterocycles. The zero-order chi connectivity index (χ0) is 16.3. The fraction of sp³-hybridized carbons (Fsp3) is 0.667. The third kappa shape index (κ3) is 3.48. The molecule has 2 rings (SSSR count). The molecule has 3 nitrogen and oxygen atoms in total. The Morgan fingerprint density at radius 1 is 1.41 bits per heavy atom. The van der Waals surface area contributed by atoms with E-state index >= 15 is 0 Å². The third-order valence-corrected chi connectivity index (χ3v) is 5.91. The van der Waals surface area contributed by atoms with E-state index in [9.17, 15) is 4.79 Å². The number of nitrogens with zero attached hydrogens (tertiary/aromatic N) is 1. The zero-order valence-corrected chi connectivity index (χ0v) is 15.0. The molecule has 0 aromatic heterocycles. The number of hydrogen-bond donors (Lipinski definition) is 1. The summed E-state index contributed by atoms with van der Waals surface area (Å²) < 4.78 is 2.56. The standard InChI is InChI=1S/C18H27NO2S/c1-13-18(2,3)15-12-14(22-4)9-10-16(15)19(13)11-7-5-6-8-17(20)21/h9,12,16H,5-8,10-11H2,1-4H3/p+1. The number of carbonyl (C=O) groups is 1. The summed E-state index contributed by atoms with van der Waals surface area (Å²) in [6, 6.07) is 0.505. The molecule has 0 saturated carbocycles. The average Bonchev–Trinajstić information content (AvgIpc) is 2.67. The van der Waals surface area contributed by atoms with Gasteiger partial charge in [-0.2, -0.15) is 0 Å². The van der Waals surface area contributed by atoms with E-state index in [0.717, 1.165) is 32.2 Å². The molecule has 1 atom stereocenters. The van der Waals surface area contributed by atoms with E-state index in [1.165, 1.54) is 10.6 Å². The fourth-order valence-electron chi connectivity index (χ4n) is 3.56. The van der Waals surface area contributed by atoms with Crippen LogP contribution in [-0.4, -0.2) is 40.2 Å². The van der Waals surface area contributed by atoms with Crippen LogP contribution in [0.2, 0.25) is 0 Å². The van der Waals surface area contributed by atoms with E-state index in [1.807, 2.05) is 11.8 Å². The van der Waals surface area contributed by atoms with Crippen molar-refractivity contribution in [3.05, 3.63) is 22.6 Å². The minimum atomic E-state index is -0.683. The minimum absolute atomic E-state index is 0.140. The van der Waals surface area contributed by atoms with Gasteiger partial charge in [-0.25, -0.2) is 4.58 Å². The fourth-order valence-corrected chi connectivity index (χ4v) is 4.07. The molecule has 0 saturated heterocycles. The van der Waals surface area contributed by atoms with Crippen LogP contribution in [0.3, 0.4) is 0 Å². The second kappa shape index (κ2) is 7.03. The molecule has 0 bridgehead atoms. The molecule has 0 radical (unpaired) electrons. The largest absolute Gasteiger partial charge is 0.481 e. The first-order valence-corrected chi connectivity index (χ1v) is 9.39. The highest BCUT2D eigenvalue weighted by atomic mass is 32.2. The number of thioether (sulfide) groups is 1. The Morgan fingerprint density at radius 2 is 2.14 bits per heavy atom. The predicted molar refractivity (Wildman–Crippen MR) is 93.8 cm³/mol. The van der Waals surface area contributed by atoms with Crippen molar-refractivity contribution in [1.29, 1.82) is 0 Å². The van der Waals surface area contributed by atoms with Crippen LogP contribution in [0.15, 0.2) is 22.6 Å². The lowest BCUT2D eigenvalue weighted by atomic mass is 9.78. The van der Waals surface area contributed by atoms with Crippen LogP contribution < -0.4 is 0 Å². The van der Waals surface area contributed by atoms with Gasteiger partial charge in [0.15, 0.2) is 11.8 Å². The maximum absolute atomic E-state index is 10.6. The number of fused-ring (bicyclic) bond motifs is 1. The Balaban J connectivity index is 2.03. The number of unbranched alkanes of at least 4 members (excludes halogenated alkanes) is 2. The number of allylic oxidation sites excluding steroid dienone is 1. The van der Waals surface area contributed by atoms with Crippen LogP contribution in [0.4, 0.5) is 0 Å². The summed E-state index contributed by atoms with van der Waals surface area (Å²) in [5, 5.41) is 8.71. The van der Waals surface area contributed by atoms with Crippen LogP contribution in [-0.2, 0) is 4.79 Å². The van der Waals surface area contributed by atoms with Gasteiger partial charge < -0.3 is 5.11 Å². The molecule has 0 fully saturated rings. The van der Waals surface area contributed by atoms with E-state index in [1.54, 1.807) is 5.57 Å². The van der Waals surface area contributed by atoms with E-state index in [2.05, 4.69) is 43.8 Å². The highest BCUT2D eigenvalue weighted by Crippen LogP contribution is 2.43. The lowest BCUT2D eigenvalue weighted by Gasteiger charge is -2.22. The van der Waals surface area contributed by atoms with Crippen LogP contribution in [0.1, 0.15) is 52.9 Å². The van der Waals surface area contributed by atoms with Crippen molar-refractivity contribution in [2.75, 3.05) is 12.8 Å². The van der Waals surface area contributed by atoms with Gasteiger partial charge in [0, 0.05) is 36.7 Å². The molecule has 122 valence electrons. The monoisotopic (exact) mass is 322 g/mol. The van der Waals surface area contributed by atoms with Gasteiger partial charge in [-0.05, 0) is 39.0 Å². The number of rotatable bonds is 7. The van der Waals surface area contributed by atoms with Crippen molar-refractivity contribution in [3.63, 3.8) is 0 Å². The Labute approximate surface area is 138 Å². The number of carboxylic acid groups (broad SMARTS) is 1. The maximum Gasteiger partial charge on any atom is 0.303 e. The van der Waals surface area contributed by atoms with E-state index < -0.39 is 5.97 Å². The van der Waals surface area contributed by atoms with Gasteiger partial charge in [0.2, 0.25) is 0 Å². The van der Waals surface area contributed by atoms with Crippen molar-refractivity contribution >= 4 is 23.4 Å². The Morgan fingerprint density at radius 3 is 2.77 bits per heavy atom. The molecular weight excluding hydrogens is 294 g/mol. The van der Waals surface area contributed by atoms with E-state index in [4.69, 9.17) is 5.11 Å². The average molecular weight is 322 g/mol. The second-order valence-electron chi connectivity index (χ2n) is 6.77. The molecule has 0 aromatic carbocycles. The van der Waals surface area contributed by atoms with Crippen LogP contribution >= 0.6 is 11.8 Å². The maximum atomic E-state index is 10.6. The Hall–Kier alpha value is -1.03. The number of carboxylic acids is 1. The quantitative estimate of drug-likeness (QED) is 0.567. The summed E-state index contributed by atoms with van der Waals surface area (Å²) >= 11 is 1.83. The normalized spacial score (nSPS) is 23.2. The van der Waals surface area contributed by atoms with Gasteiger partial charge in [-0.3, -0.25) is 4.79 Å². The number of aliphatic carboxylic acids is 1.